The van der Waals surface area contributed by atoms with E-state index >= 15 is 0 Å². The predicted octanol–water partition coefficient (Wildman–Crippen LogP) is 13.6. The largest absolute Gasteiger partial charge is 0.456 e. The fourth-order valence-electron chi connectivity index (χ4n) is 7.93. The molecule has 1 aliphatic rings. The highest BCUT2D eigenvalue weighted by Gasteiger charge is 2.22. The first-order valence-electron chi connectivity index (χ1n) is 17.3. The second kappa shape index (κ2) is 12.2. The summed E-state index contributed by atoms with van der Waals surface area (Å²) in [6.07, 6.45) is 6.61. The molecule has 0 unspecified atom stereocenters. The number of benzene rings is 7. The van der Waals surface area contributed by atoms with Crippen LogP contribution in [0.15, 0.2) is 162 Å². The van der Waals surface area contributed by atoms with Crippen LogP contribution < -0.4 is 4.90 Å². The van der Waals surface area contributed by atoms with Crippen LogP contribution in [0.2, 0.25) is 0 Å². The molecular weight excluding hydrogens is 583 g/mol. The summed E-state index contributed by atoms with van der Waals surface area (Å²) in [5, 5.41) is 4.78. The Morgan fingerprint density at radius 1 is 0.479 bits per heavy atom. The van der Waals surface area contributed by atoms with Crippen LogP contribution in [0.25, 0.3) is 55.0 Å². The molecule has 0 spiro atoms. The van der Waals surface area contributed by atoms with Gasteiger partial charge in [0.05, 0.1) is 5.69 Å². The van der Waals surface area contributed by atoms with E-state index in [-0.39, 0.29) is 0 Å². The number of rotatable bonds is 6. The zero-order valence-corrected chi connectivity index (χ0v) is 27.0. The maximum Gasteiger partial charge on any atom is 0.137 e. The van der Waals surface area contributed by atoms with Gasteiger partial charge in [-0.3, -0.25) is 0 Å². The Balaban J connectivity index is 1.25. The third-order valence-corrected chi connectivity index (χ3v) is 10.3. The Kier molecular flexibility index (Phi) is 7.28. The fourth-order valence-corrected chi connectivity index (χ4v) is 7.93. The molecule has 48 heavy (non-hydrogen) atoms. The van der Waals surface area contributed by atoms with Crippen molar-refractivity contribution in [2.45, 2.75) is 38.0 Å². The van der Waals surface area contributed by atoms with Gasteiger partial charge in [-0.25, -0.2) is 0 Å². The number of hydrogen-bond donors (Lipinski definition) is 0. The van der Waals surface area contributed by atoms with Crippen molar-refractivity contribution in [3.63, 3.8) is 0 Å². The Morgan fingerprint density at radius 3 is 1.98 bits per heavy atom. The quantitative estimate of drug-likeness (QED) is 0.184. The minimum absolute atomic E-state index is 0.660. The molecule has 1 fully saturated rings. The van der Waals surface area contributed by atoms with Gasteiger partial charge >= 0.3 is 0 Å². The van der Waals surface area contributed by atoms with E-state index in [9.17, 15) is 0 Å². The first-order valence-corrected chi connectivity index (χ1v) is 17.3. The number of hydrogen-bond acceptors (Lipinski definition) is 2. The van der Waals surface area contributed by atoms with E-state index in [4.69, 9.17) is 4.42 Å². The van der Waals surface area contributed by atoms with Crippen molar-refractivity contribution in [1.29, 1.82) is 0 Å². The van der Waals surface area contributed by atoms with Gasteiger partial charge in [-0.2, -0.15) is 0 Å². The van der Waals surface area contributed by atoms with E-state index in [1.54, 1.807) is 0 Å². The topological polar surface area (TPSA) is 16.4 Å². The average molecular weight is 620 g/mol. The molecule has 1 aromatic heterocycles. The predicted molar refractivity (Wildman–Crippen MR) is 203 cm³/mol. The molecule has 7 aromatic carbocycles. The van der Waals surface area contributed by atoms with Crippen LogP contribution in [0, 0.1) is 0 Å². The molecule has 0 bridgehead atoms. The van der Waals surface area contributed by atoms with Crippen molar-refractivity contribution in [2.24, 2.45) is 0 Å². The molecule has 0 radical (unpaired) electrons. The normalized spacial score (nSPS) is 13.8. The van der Waals surface area contributed by atoms with Crippen LogP contribution in [-0.2, 0) is 0 Å². The second-order valence-electron chi connectivity index (χ2n) is 13.1. The van der Waals surface area contributed by atoms with E-state index in [1.165, 1.54) is 70.7 Å². The summed E-state index contributed by atoms with van der Waals surface area (Å²) >= 11 is 0. The SMILES string of the molecule is c1ccc(-c2cccc3cccc(-c4ccccc4N(c4ccc(C5CCCCC5)cc4)c4ccc5c(c4)oc4ccccc45)c23)cc1. The van der Waals surface area contributed by atoms with Gasteiger partial charge in [0, 0.05) is 33.8 Å². The van der Waals surface area contributed by atoms with Gasteiger partial charge in [0.1, 0.15) is 11.2 Å². The third kappa shape index (κ3) is 5.05. The highest BCUT2D eigenvalue weighted by Crippen LogP contribution is 2.46. The molecule has 232 valence electrons. The summed E-state index contributed by atoms with van der Waals surface area (Å²) in [4.78, 5) is 2.41. The van der Waals surface area contributed by atoms with Crippen molar-refractivity contribution < 1.29 is 4.42 Å². The van der Waals surface area contributed by atoms with Crippen molar-refractivity contribution >= 4 is 49.8 Å². The average Bonchev–Trinajstić information content (AvgIpc) is 3.54. The lowest BCUT2D eigenvalue weighted by atomic mass is 9.84. The lowest BCUT2D eigenvalue weighted by Gasteiger charge is -2.29. The number of nitrogens with zero attached hydrogens (tertiary/aromatic N) is 1. The first kappa shape index (κ1) is 28.6. The first-order chi connectivity index (χ1) is 23.8. The van der Waals surface area contributed by atoms with Gasteiger partial charge in [-0.05, 0) is 88.2 Å². The van der Waals surface area contributed by atoms with Crippen molar-refractivity contribution in [3.8, 4) is 22.3 Å². The summed E-state index contributed by atoms with van der Waals surface area (Å²) < 4.78 is 6.42. The molecule has 9 rings (SSSR count). The van der Waals surface area contributed by atoms with E-state index in [0.29, 0.717) is 5.92 Å². The minimum Gasteiger partial charge on any atom is -0.456 e. The molecule has 1 heterocycles. The molecule has 1 saturated carbocycles. The summed E-state index contributed by atoms with van der Waals surface area (Å²) in [5.41, 5.74) is 11.5. The molecule has 0 saturated heterocycles. The van der Waals surface area contributed by atoms with Crippen LogP contribution in [0.1, 0.15) is 43.6 Å². The van der Waals surface area contributed by atoms with Crippen molar-refractivity contribution in [1.82, 2.24) is 0 Å². The Morgan fingerprint density at radius 2 is 1.15 bits per heavy atom. The lowest BCUT2D eigenvalue weighted by Crippen LogP contribution is -2.12. The van der Waals surface area contributed by atoms with E-state index < -0.39 is 0 Å². The third-order valence-electron chi connectivity index (χ3n) is 10.3. The zero-order valence-electron chi connectivity index (χ0n) is 27.0. The summed E-state index contributed by atoms with van der Waals surface area (Å²) in [6, 6.07) is 57.3. The molecule has 0 atom stereocenters. The number of fused-ring (bicyclic) bond motifs is 4. The number of para-hydroxylation sites is 2. The maximum absolute atomic E-state index is 6.42. The van der Waals surface area contributed by atoms with Crippen LogP contribution in [0.5, 0.6) is 0 Å². The Labute approximate surface area is 281 Å². The summed E-state index contributed by atoms with van der Waals surface area (Å²) in [6.45, 7) is 0. The van der Waals surface area contributed by atoms with Crippen molar-refractivity contribution in [3.05, 3.63) is 163 Å². The Bertz CT molecular complexity index is 2370. The van der Waals surface area contributed by atoms with Gasteiger partial charge in [0.25, 0.3) is 0 Å². The lowest BCUT2D eigenvalue weighted by molar-refractivity contribution is 0.443. The van der Waals surface area contributed by atoms with Crippen LogP contribution in [0.3, 0.4) is 0 Å². The highest BCUT2D eigenvalue weighted by atomic mass is 16.3. The smallest absolute Gasteiger partial charge is 0.137 e. The monoisotopic (exact) mass is 619 g/mol. The van der Waals surface area contributed by atoms with Gasteiger partial charge < -0.3 is 9.32 Å². The second-order valence-corrected chi connectivity index (χ2v) is 13.1. The zero-order chi connectivity index (χ0) is 31.9. The van der Waals surface area contributed by atoms with Crippen LogP contribution >= 0.6 is 0 Å². The molecular formula is C46H37NO. The molecule has 2 nitrogen and oxygen atoms in total. The Hall–Kier alpha value is -5.60. The van der Waals surface area contributed by atoms with E-state index in [0.717, 1.165) is 39.0 Å². The van der Waals surface area contributed by atoms with Crippen LogP contribution in [0.4, 0.5) is 17.1 Å². The standard InChI is InChI=1S/C46H37NO/c1-3-13-32(14-4-1)33-25-27-36(28-26-33)47(37-29-30-41-40-20-8-10-24-44(40)48-45(41)31-37)43-23-9-7-19-39(43)42-22-12-18-35-17-11-21-38(46(35)42)34-15-5-2-6-16-34/h2,5-12,15-32H,1,3-4,13-14H2. The molecule has 0 N–H and O–H groups in total. The molecule has 2 heteroatoms. The van der Waals surface area contributed by atoms with E-state index in [2.05, 4.69) is 157 Å². The molecule has 0 aliphatic heterocycles. The van der Waals surface area contributed by atoms with Gasteiger partial charge in [0.2, 0.25) is 0 Å². The summed E-state index contributed by atoms with van der Waals surface area (Å²) in [5.74, 6) is 0.660. The molecule has 1 aliphatic carbocycles. The van der Waals surface area contributed by atoms with Gasteiger partial charge in [0.15, 0.2) is 0 Å². The number of furan rings is 1. The van der Waals surface area contributed by atoms with E-state index in [1.807, 2.05) is 6.07 Å². The molecule has 0 amide bonds. The fraction of sp³-hybridized carbons (Fsp3) is 0.130. The van der Waals surface area contributed by atoms with Gasteiger partial charge in [-0.1, -0.05) is 135 Å². The van der Waals surface area contributed by atoms with Crippen molar-refractivity contribution in [2.75, 3.05) is 4.90 Å². The maximum atomic E-state index is 6.42. The van der Waals surface area contributed by atoms with Gasteiger partial charge in [-0.15, -0.1) is 0 Å². The minimum atomic E-state index is 0.660. The molecule has 8 aromatic rings. The number of anilines is 3. The highest BCUT2D eigenvalue weighted by molar-refractivity contribution is 6.09. The summed E-state index contributed by atoms with van der Waals surface area (Å²) in [7, 11) is 0. The van der Waals surface area contributed by atoms with Crippen LogP contribution in [-0.4, -0.2) is 0 Å².